The highest BCUT2D eigenvalue weighted by atomic mass is 32.2. The minimum Gasteiger partial charge on any atom is -0.325 e. The van der Waals surface area contributed by atoms with Crippen molar-refractivity contribution in [3.05, 3.63) is 24.3 Å². The lowest BCUT2D eigenvalue weighted by atomic mass is 9.96. The van der Waals surface area contributed by atoms with Crippen molar-refractivity contribution < 1.29 is 8.42 Å². The van der Waals surface area contributed by atoms with Crippen LogP contribution in [0.2, 0.25) is 0 Å². The molecule has 0 unspecified atom stereocenters. The maximum atomic E-state index is 11.4. The van der Waals surface area contributed by atoms with Crippen LogP contribution >= 0.6 is 0 Å². The van der Waals surface area contributed by atoms with Crippen molar-refractivity contribution in [2.75, 3.05) is 11.6 Å². The van der Waals surface area contributed by atoms with Gasteiger partial charge in [-0.3, -0.25) is 5.43 Å². The molecule has 21 heavy (non-hydrogen) atoms. The summed E-state index contributed by atoms with van der Waals surface area (Å²) in [7, 11) is -3.17. The van der Waals surface area contributed by atoms with Crippen LogP contribution in [-0.4, -0.2) is 26.7 Å². The number of aliphatic imine (C=N–C) groups is 1. The van der Waals surface area contributed by atoms with Crippen LogP contribution in [0.15, 0.2) is 34.2 Å². The van der Waals surface area contributed by atoms with Gasteiger partial charge in [0.1, 0.15) is 0 Å². The van der Waals surface area contributed by atoms with Gasteiger partial charge in [-0.15, -0.1) is 0 Å². The van der Waals surface area contributed by atoms with Gasteiger partial charge in [0.05, 0.1) is 10.9 Å². The maximum absolute atomic E-state index is 11.4. The number of guanidine groups is 1. The highest BCUT2D eigenvalue weighted by Gasteiger charge is 2.13. The summed E-state index contributed by atoms with van der Waals surface area (Å²) in [5.41, 5.74) is 3.31. The van der Waals surface area contributed by atoms with Crippen molar-refractivity contribution in [2.45, 2.75) is 43.0 Å². The zero-order chi connectivity index (χ0) is 15.3. The lowest BCUT2D eigenvalue weighted by molar-refractivity contribution is 0.442. The second-order valence-corrected chi connectivity index (χ2v) is 7.35. The third kappa shape index (κ3) is 4.71. The molecule has 1 fully saturated rings. The van der Waals surface area contributed by atoms with E-state index in [0.29, 0.717) is 16.9 Å². The molecule has 0 atom stereocenters. The zero-order valence-corrected chi connectivity index (χ0v) is 13.0. The Labute approximate surface area is 125 Å². The Hall–Kier alpha value is -1.60. The van der Waals surface area contributed by atoms with Gasteiger partial charge in [-0.1, -0.05) is 19.3 Å². The van der Waals surface area contributed by atoms with E-state index in [1.807, 2.05) is 0 Å². The van der Waals surface area contributed by atoms with Gasteiger partial charge in [0.15, 0.2) is 9.84 Å². The van der Waals surface area contributed by atoms with E-state index in [-0.39, 0.29) is 0 Å². The number of rotatable bonds is 3. The lowest BCUT2D eigenvalue weighted by Gasteiger charge is -2.19. The SMILES string of the molecule is CS(=O)(=O)c1ccc(NC(=NC2CCCCC2)NN)cc1. The third-order valence-corrected chi connectivity index (χ3v) is 4.70. The molecule has 0 radical (unpaired) electrons. The van der Waals surface area contributed by atoms with Crippen LogP contribution in [-0.2, 0) is 9.84 Å². The van der Waals surface area contributed by atoms with Gasteiger partial charge in [0.25, 0.3) is 0 Å². The second-order valence-electron chi connectivity index (χ2n) is 5.34. The fourth-order valence-corrected chi connectivity index (χ4v) is 3.05. The Balaban J connectivity index is 2.06. The Morgan fingerprint density at radius 1 is 1.19 bits per heavy atom. The molecular weight excluding hydrogens is 288 g/mol. The first-order chi connectivity index (χ1) is 9.99. The van der Waals surface area contributed by atoms with Gasteiger partial charge in [0.2, 0.25) is 5.96 Å². The van der Waals surface area contributed by atoms with E-state index in [0.717, 1.165) is 18.5 Å². The monoisotopic (exact) mass is 310 g/mol. The number of nitrogens with one attached hydrogen (secondary N) is 2. The van der Waals surface area contributed by atoms with Crippen LogP contribution in [0.25, 0.3) is 0 Å². The first-order valence-electron chi connectivity index (χ1n) is 7.10. The number of anilines is 1. The maximum Gasteiger partial charge on any atom is 0.210 e. The first kappa shape index (κ1) is 15.8. The predicted octanol–water partition coefficient (Wildman–Crippen LogP) is 1.65. The van der Waals surface area contributed by atoms with Crippen molar-refractivity contribution >= 4 is 21.5 Å². The van der Waals surface area contributed by atoms with Crippen molar-refractivity contribution in [3.63, 3.8) is 0 Å². The van der Waals surface area contributed by atoms with Crippen molar-refractivity contribution in [1.82, 2.24) is 5.43 Å². The van der Waals surface area contributed by atoms with E-state index in [1.165, 1.54) is 25.5 Å². The second kappa shape index (κ2) is 6.91. The standard InChI is InChI=1S/C14H22N4O2S/c1-21(19,20)13-9-7-12(8-10-13)17-14(18-15)16-11-5-3-2-4-6-11/h7-11H,2-6,15H2,1H3,(H2,16,17,18). The summed E-state index contributed by atoms with van der Waals surface area (Å²) in [5, 5.41) is 3.07. The summed E-state index contributed by atoms with van der Waals surface area (Å²) in [4.78, 5) is 4.86. The summed E-state index contributed by atoms with van der Waals surface area (Å²) >= 11 is 0. The Bertz CT molecular complexity index is 590. The molecule has 116 valence electrons. The van der Waals surface area contributed by atoms with Crippen LogP contribution in [0.5, 0.6) is 0 Å². The molecule has 2 rings (SSSR count). The molecule has 0 amide bonds. The van der Waals surface area contributed by atoms with Gasteiger partial charge < -0.3 is 5.32 Å². The summed E-state index contributed by atoms with van der Waals surface area (Å²) in [5.74, 6) is 6.01. The van der Waals surface area contributed by atoms with Crippen LogP contribution in [0.1, 0.15) is 32.1 Å². The molecule has 1 aromatic rings. The number of sulfone groups is 1. The molecule has 1 saturated carbocycles. The van der Waals surface area contributed by atoms with Crippen molar-refractivity contribution in [1.29, 1.82) is 0 Å². The zero-order valence-electron chi connectivity index (χ0n) is 12.2. The Morgan fingerprint density at radius 2 is 1.81 bits per heavy atom. The van der Waals surface area contributed by atoms with E-state index in [1.54, 1.807) is 24.3 Å². The topological polar surface area (TPSA) is 96.6 Å². The highest BCUT2D eigenvalue weighted by Crippen LogP contribution is 2.20. The predicted molar refractivity (Wildman–Crippen MR) is 84.8 cm³/mol. The quantitative estimate of drug-likeness (QED) is 0.341. The van der Waals surface area contributed by atoms with Gasteiger partial charge >= 0.3 is 0 Å². The minimum atomic E-state index is -3.17. The molecule has 1 aromatic carbocycles. The summed E-state index contributed by atoms with van der Waals surface area (Å²) in [6.45, 7) is 0. The molecular formula is C14H22N4O2S. The van der Waals surface area contributed by atoms with Gasteiger partial charge in [0, 0.05) is 11.9 Å². The van der Waals surface area contributed by atoms with E-state index < -0.39 is 9.84 Å². The van der Waals surface area contributed by atoms with E-state index >= 15 is 0 Å². The van der Waals surface area contributed by atoms with Crippen LogP contribution in [0.4, 0.5) is 5.69 Å². The Morgan fingerprint density at radius 3 is 2.33 bits per heavy atom. The summed E-state index contributed by atoms with van der Waals surface area (Å²) < 4.78 is 22.8. The van der Waals surface area contributed by atoms with Gasteiger partial charge in [-0.05, 0) is 37.1 Å². The van der Waals surface area contributed by atoms with E-state index in [2.05, 4.69) is 15.7 Å². The number of hydrazine groups is 1. The fourth-order valence-electron chi connectivity index (χ4n) is 2.42. The molecule has 0 bridgehead atoms. The number of nitrogens with zero attached hydrogens (tertiary/aromatic N) is 1. The van der Waals surface area contributed by atoms with E-state index in [9.17, 15) is 8.42 Å². The lowest BCUT2D eigenvalue weighted by Crippen LogP contribution is -2.37. The van der Waals surface area contributed by atoms with Crippen molar-refractivity contribution in [3.8, 4) is 0 Å². The summed E-state index contributed by atoms with van der Waals surface area (Å²) in [6.07, 6.45) is 7.04. The normalized spacial score (nSPS) is 17.5. The smallest absolute Gasteiger partial charge is 0.210 e. The Kier molecular flexibility index (Phi) is 5.19. The van der Waals surface area contributed by atoms with Gasteiger partial charge in [-0.25, -0.2) is 19.3 Å². The number of benzene rings is 1. The average molecular weight is 310 g/mol. The molecule has 0 heterocycles. The first-order valence-corrected chi connectivity index (χ1v) is 9.00. The third-order valence-electron chi connectivity index (χ3n) is 3.57. The van der Waals surface area contributed by atoms with E-state index in [4.69, 9.17) is 5.84 Å². The fraction of sp³-hybridized carbons (Fsp3) is 0.500. The van der Waals surface area contributed by atoms with Crippen molar-refractivity contribution in [2.24, 2.45) is 10.8 Å². The molecule has 0 aromatic heterocycles. The number of hydrogen-bond acceptors (Lipinski definition) is 4. The van der Waals surface area contributed by atoms with Crippen LogP contribution < -0.4 is 16.6 Å². The molecule has 4 N–H and O–H groups in total. The molecule has 1 aliphatic carbocycles. The average Bonchev–Trinajstić information content (AvgIpc) is 2.47. The van der Waals surface area contributed by atoms with Crippen LogP contribution in [0.3, 0.4) is 0 Å². The van der Waals surface area contributed by atoms with Crippen LogP contribution in [0, 0.1) is 0 Å². The highest BCUT2D eigenvalue weighted by molar-refractivity contribution is 7.90. The molecule has 6 nitrogen and oxygen atoms in total. The number of hydrogen-bond donors (Lipinski definition) is 3. The van der Waals surface area contributed by atoms with Gasteiger partial charge in [-0.2, -0.15) is 0 Å². The molecule has 0 aliphatic heterocycles. The molecule has 1 aliphatic rings. The number of nitrogens with two attached hydrogens (primary N) is 1. The molecule has 0 spiro atoms. The largest absolute Gasteiger partial charge is 0.325 e. The molecule has 7 heteroatoms. The molecule has 0 saturated heterocycles. The summed E-state index contributed by atoms with van der Waals surface area (Å²) in [6, 6.07) is 6.82. The minimum absolute atomic E-state index is 0.291.